The molecule has 0 radical (unpaired) electrons. The molecule has 0 aliphatic heterocycles. The Labute approximate surface area is 137 Å². The summed E-state index contributed by atoms with van der Waals surface area (Å²) in [5.74, 6) is 0.857. The summed E-state index contributed by atoms with van der Waals surface area (Å²) in [6.45, 7) is 2.18. The monoisotopic (exact) mass is 334 g/mol. The summed E-state index contributed by atoms with van der Waals surface area (Å²) in [6.07, 6.45) is 2.21. The van der Waals surface area contributed by atoms with Crippen molar-refractivity contribution in [3.8, 4) is 0 Å². The first-order chi connectivity index (χ1) is 10.3. The minimum Gasteiger partial charge on any atom is -0.211 e. The lowest BCUT2D eigenvalue weighted by atomic mass is 10.2. The van der Waals surface area contributed by atoms with Crippen LogP contribution in [0.3, 0.4) is 0 Å². The largest absolute Gasteiger partial charge is 0.211 e. The lowest BCUT2D eigenvalue weighted by Gasteiger charge is -2.01. The van der Waals surface area contributed by atoms with E-state index in [9.17, 15) is 0 Å². The molecule has 3 aromatic rings. The van der Waals surface area contributed by atoms with Gasteiger partial charge in [0.05, 0.1) is 0 Å². The third-order valence-electron chi connectivity index (χ3n) is 3.08. The third kappa shape index (κ3) is 3.57. The number of fused-ring (bicyclic) bond motifs is 1. The van der Waals surface area contributed by atoms with Crippen LogP contribution in [0.25, 0.3) is 10.2 Å². The lowest BCUT2D eigenvalue weighted by Crippen LogP contribution is -1.88. The third-order valence-corrected chi connectivity index (χ3v) is 5.38. The van der Waals surface area contributed by atoms with Gasteiger partial charge in [-0.05, 0) is 18.1 Å². The van der Waals surface area contributed by atoms with Crippen LogP contribution >= 0.6 is 34.7 Å². The highest BCUT2D eigenvalue weighted by molar-refractivity contribution is 7.98. The Balaban J connectivity index is 1.82. The molecule has 2 aromatic heterocycles. The lowest BCUT2D eigenvalue weighted by molar-refractivity contribution is 0.940. The average Bonchev–Trinajstić information content (AvgIpc) is 2.90. The van der Waals surface area contributed by atoms with Crippen LogP contribution < -0.4 is 0 Å². The SMILES string of the molecule is CCCc1cc2c(Cl)nc(SCc3ccccc3)nc2s1. The normalized spacial score (nSPS) is 11.1. The van der Waals surface area contributed by atoms with Crippen LogP contribution in [0.1, 0.15) is 23.8 Å². The van der Waals surface area contributed by atoms with E-state index in [1.807, 2.05) is 18.2 Å². The number of aryl methyl sites for hydroxylation is 1. The van der Waals surface area contributed by atoms with E-state index >= 15 is 0 Å². The van der Waals surface area contributed by atoms with Crippen molar-refractivity contribution in [2.75, 3.05) is 0 Å². The average molecular weight is 335 g/mol. The molecule has 1 aromatic carbocycles. The second-order valence-corrected chi connectivity index (χ2v) is 7.17. The van der Waals surface area contributed by atoms with Crippen molar-refractivity contribution in [2.24, 2.45) is 0 Å². The number of hydrogen-bond acceptors (Lipinski definition) is 4. The van der Waals surface area contributed by atoms with E-state index in [1.54, 1.807) is 23.1 Å². The highest BCUT2D eigenvalue weighted by Gasteiger charge is 2.10. The van der Waals surface area contributed by atoms with E-state index in [0.717, 1.165) is 34.0 Å². The molecule has 0 saturated heterocycles. The van der Waals surface area contributed by atoms with Gasteiger partial charge in [-0.3, -0.25) is 0 Å². The van der Waals surface area contributed by atoms with Crippen molar-refractivity contribution in [2.45, 2.75) is 30.7 Å². The summed E-state index contributed by atoms with van der Waals surface area (Å²) >= 11 is 9.65. The first kappa shape index (κ1) is 14.8. The number of thiophene rings is 1. The number of thioether (sulfide) groups is 1. The van der Waals surface area contributed by atoms with Crippen LogP contribution in [0.5, 0.6) is 0 Å². The summed E-state index contributed by atoms with van der Waals surface area (Å²) in [6, 6.07) is 12.5. The predicted molar refractivity (Wildman–Crippen MR) is 92.4 cm³/mol. The molecule has 0 fully saturated rings. The summed E-state index contributed by atoms with van der Waals surface area (Å²) in [5.41, 5.74) is 1.26. The summed E-state index contributed by atoms with van der Waals surface area (Å²) < 4.78 is 0. The van der Waals surface area contributed by atoms with Gasteiger partial charge in [0.15, 0.2) is 5.16 Å². The number of hydrogen-bond donors (Lipinski definition) is 0. The summed E-state index contributed by atoms with van der Waals surface area (Å²) in [4.78, 5) is 11.4. The minimum atomic E-state index is 0.564. The van der Waals surface area contributed by atoms with Gasteiger partial charge in [0.2, 0.25) is 0 Å². The van der Waals surface area contributed by atoms with Crippen molar-refractivity contribution < 1.29 is 0 Å². The Morgan fingerprint density at radius 1 is 1.19 bits per heavy atom. The molecule has 108 valence electrons. The van der Waals surface area contributed by atoms with Crippen LogP contribution in [0.2, 0.25) is 5.15 Å². The van der Waals surface area contributed by atoms with Gasteiger partial charge in [0.1, 0.15) is 9.98 Å². The summed E-state index contributed by atoms with van der Waals surface area (Å²) in [5, 5.41) is 2.30. The Bertz CT molecular complexity index is 741. The fraction of sp³-hybridized carbons (Fsp3) is 0.250. The highest BCUT2D eigenvalue weighted by atomic mass is 35.5. The van der Waals surface area contributed by atoms with Gasteiger partial charge in [-0.1, -0.05) is 67.0 Å². The number of benzene rings is 1. The fourth-order valence-corrected chi connectivity index (χ4v) is 4.39. The second kappa shape index (κ2) is 6.77. The first-order valence-corrected chi connectivity index (χ1v) is 9.07. The van der Waals surface area contributed by atoms with Crippen LogP contribution in [-0.2, 0) is 12.2 Å². The highest BCUT2D eigenvalue weighted by Crippen LogP contribution is 2.32. The molecule has 0 bridgehead atoms. The van der Waals surface area contributed by atoms with E-state index in [4.69, 9.17) is 11.6 Å². The first-order valence-electron chi connectivity index (χ1n) is 6.89. The van der Waals surface area contributed by atoms with Gasteiger partial charge in [-0.25, -0.2) is 9.97 Å². The van der Waals surface area contributed by atoms with Gasteiger partial charge in [-0.15, -0.1) is 11.3 Å². The molecular weight excluding hydrogens is 320 g/mol. The molecule has 0 spiro atoms. The maximum atomic E-state index is 6.30. The molecular formula is C16H15ClN2S2. The van der Waals surface area contributed by atoms with Crippen LogP contribution in [0.4, 0.5) is 0 Å². The number of nitrogens with zero attached hydrogens (tertiary/aromatic N) is 2. The Hall–Kier alpha value is -1.10. The van der Waals surface area contributed by atoms with Gasteiger partial charge < -0.3 is 0 Å². The molecule has 3 rings (SSSR count). The molecule has 0 N–H and O–H groups in total. The molecule has 2 nitrogen and oxygen atoms in total. The Morgan fingerprint density at radius 2 is 2.00 bits per heavy atom. The van der Waals surface area contributed by atoms with Crippen LogP contribution in [-0.4, -0.2) is 9.97 Å². The van der Waals surface area contributed by atoms with Crippen molar-refractivity contribution in [1.29, 1.82) is 0 Å². The van der Waals surface area contributed by atoms with Crippen molar-refractivity contribution >= 4 is 44.9 Å². The molecule has 5 heteroatoms. The molecule has 0 aliphatic rings. The zero-order chi connectivity index (χ0) is 14.7. The van der Waals surface area contributed by atoms with Gasteiger partial charge in [0.25, 0.3) is 0 Å². The van der Waals surface area contributed by atoms with E-state index in [-0.39, 0.29) is 0 Å². The molecule has 0 unspecified atom stereocenters. The zero-order valence-electron chi connectivity index (χ0n) is 11.7. The number of aromatic nitrogens is 2. The molecule has 21 heavy (non-hydrogen) atoms. The zero-order valence-corrected chi connectivity index (χ0v) is 14.1. The number of halogens is 1. The van der Waals surface area contributed by atoms with Crippen LogP contribution in [0.15, 0.2) is 41.6 Å². The van der Waals surface area contributed by atoms with Crippen LogP contribution in [0, 0.1) is 0 Å². The van der Waals surface area contributed by atoms with Gasteiger partial charge in [-0.2, -0.15) is 0 Å². The van der Waals surface area contributed by atoms with Gasteiger partial charge in [0, 0.05) is 16.0 Å². The molecule has 0 saturated carbocycles. The Kier molecular flexibility index (Phi) is 4.78. The van der Waals surface area contributed by atoms with Crippen molar-refractivity contribution in [1.82, 2.24) is 9.97 Å². The Morgan fingerprint density at radius 3 is 2.76 bits per heavy atom. The van der Waals surface area contributed by atoms with Crippen molar-refractivity contribution in [3.63, 3.8) is 0 Å². The van der Waals surface area contributed by atoms with E-state index in [2.05, 4.69) is 35.1 Å². The second-order valence-electron chi connectivity index (χ2n) is 4.75. The maximum absolute atomic E-state index is 6.30. The van der Waals surface area contributed by atoms with E-state index in [0.29, 0.717) is 5.15 Å². The fourth-order valence-electron chi connectivity index (χ4n) is 2.07. The smallest absolute Gasteiger partial charge is 0.190 e. The molecule has 0 aliphatic carbocycles. The van der Waals surface area contributed by atoms with E-state index in [1.165, 1.54) is 10.4 Å². The van der Waals surface area contributed by atoms with E-state index < -0.39 is 0 Å². The minimum absolute atomic E-state index is 0.564. The standard InChI is InChI=1S/C16H15ClN2S2/c1-2-6-12-9-13-14(17)18-16(19-15(13)21-12)20-10-11-7-4-3-5-8-11/h3-5,7-9H,2,6,10H2,1H3. The maximum Gasteiger partial charge on any atom is 0.190 e. The molecule has 0 amide bonds. The summed E-state index contributed by atoms with van der Waals surface area (Å²) in [7, 11) is 0. The topological polar surface area (TPSA) is 25.8 Å². The number of rotatable bonds is 5. The predicted octanol–water partition coefficient (Wildman–Crippen LogP) is 5.59. The quantitative estimate of drug-likeness (QED) is 0.345. The van der Waals surface area contributed by atoms with Gasteiger partial charge >= 0.3 is 0 Å². The molecule has 0 atom stereocenters. The molecule has 2 heterocycles. The van der Waals surface area contributed by atoms with Crippen molar-refractivity contribution in [3.05, 3.63) is 52.0 Å².